The Labute approximate surface area is 201 Å². The number of benzene rings is 1. The highest BCUT2D eigenvalue weighted by Gasteiger charge is 2.17. The van der Waals surface area contributed by atoms with E-state index in [9.17, 15) is 0 Å². The second-order valence-corrected chi connectivity index (χ2v) is 9.43. The van der Waals surface area contributed by atoms with Crippen LogP contribution in [0.4, 0.5) is 0 Å². The fourth-order valence-corrected chi connectivity index (χ4v) is 4.61. The van der Waals surface area contributed by atoms with Gasteiger partial charge in [0.1, 0.15) is 24.1 Å². The van der Waals surface area contributed by atoms with Crippen molar-refractivity contribution in [2.45, 2.75) is 47.1 Å². The van der Waals surface area contributed by atoms with Crippen LogP contribution in [-0.4, -0.2) is 34.7 Å². The van der Waals surface area contributed by atoms with E-state index in [0.29, 0.717) is 42.8 Å². The second-order valence-electron chi connectivity index (χ2n) is 8.02. The van der Waals surface area contributed by atoms with E-state index in [1.54, 1.807) is 22.1 Å². The molecule has 0 bridgehead atoms. The van der Waals surface area contributed by atoms with Crippen molar-refractivity contribution in [3.8, 4) is 11.7 Å². The van der Waals surface area contributed by atoms with Crippen LogP contribution in [0.25, 0.3) is 16.7 Å². The number of aryl methyl sites for hydroxylation is 4. The number of hydrogen-bond donors (Lipinski definition) is 0. The van der Waals surface area contributed by atoms with Gasteiger partial charge in [-0.15, -0.1) is 16.4 Å². The molecular formula is C25H25N7OS. The number of pyridine rings is 1. The van der Waals surface area contributed by atoms with Crippen molar-refractivity contribution < 1.29 is 4.74 Å². The molecule has 172 valence electrons. The Morgan fingerprint density at radius 3 is 2.59 bits per heavy atom. The van der Waals surface area contributed by atoms with Gasteiger partial charge in [0.05, 0.1) is 28.3 Å². The molecule has 0 unspecified atom stereocenters. The van der Waals surface area contributed by atoms with Gasteiger partial charge in [0, 0.05) is 22.8 Å². The third-order valence-electron chi connectivity index (χ3n) is 5.40. The van der Waals surface area contributed by atoms with Gasteiger partial charge in [-0.05, 0) is 32.9 Å². The fraction of sp³-hybridized carbons (Fsp3) is 0.280. The smallest absolute Gasteiger partial charge is 0.219 e. The molecule has 0 N–H and O–H groups in total. The van der Waals surface area contributed by atoms with Crippen LogP contribution in [0.5, 0.6) is 5.88 Å². The van der Waals surface area contributed by atoms with Gasteiger partial charge in [-0.2, -0.15) is 9.67 Å². The second kappa shape index (κ2) is 9.26. The molecule has 34 heavy (non-hydrogen) atoms. The molecule has 0 atom stereocenters. The van der Waals surface area contributed by atoms with Gasteiger partial charge >= 0.3 is 0 Å². The molecule has 5 rings (SSSR count). The van der Waals surface area contributed by atoms with Crippen molar-refractivity contribution in [3.63, 3.8) is 0 Å². The van der Waals surface area contributed by atoms with E-state index in [2.05, 4.69) is 38.0 Å². The summed E-state index contributed by atoms with van der Waals surface area (Å²) in [5.74, 6) is 3.26. The Hall–Kier alpha value is -3.72. The summed E-state index contributed by atoms with van der Waals surface area (Å²) in [4.78, 5) is 24.4. The Bertz CT molecular complexity index is 1470. The minimum atomic E-state index is 0.310. The normalized spacial score (nSPS) is 11.3. The fourth-order valence-electron chi connectivity index (χ4n) is 3.78. The van der Waals surface area contributed by atoms with Crippen LogP contribution in [-0.2, 0) is 19.4 Å². The Morgan fingerprint density at radius 1 is 0.941 bits per heavy atom. The topological polar surface area (TPSA) is 91.5 Å². The number of thiazole rings is 1. The zero-order valence-corrected chi connectivity index (χ0v) is 20.4. The summed E-state index contributed by atoms with van der Waals surface area (Å²) in [6, 6.07) is 13.9. The zero-order valence-electron chi connectivity index (χ0n) is 19.6. The lowest BCUT2D eigenvalue weighted by molar-refractivity contribution is 0.288. The maximum absolute atomic E-state index is 6.05. The Morgan fingerprint density at radius 2 is 1.79 bits per heavy atom. The van der Waals surface area contributed by atoms with Crippen LogP contribution in [0.3, 0.4) is 0 Å². The molecule has 0 radical (unpaired) electrons. The summed E-state index contributed by atoms with van der Waals surface area (Å²) in [5.41, 5.74) is 2.79. The van der Waals surface area contributed by atoms with Gasteiger partial charge in [-0.3, -0.25) is 0 Å². The summed E-state index contributed by atoms with van der Waals surface area (Å²) in [7, 11) is 0. The third kappa shape index (κ3) is 4.65. The molecule has 0 fully saturated rings. The van der Waals surface area contributed by atoms with E-state index < -0.39 is 0 Å². The highest BCUT2D eigenvalue weighted by atomic mass is 32.1. The Kier molecular flexibility index (Phi) is 6.02. The van der Waals surface area contributed by atoms with Gasteiger partial charge in [-0.25, -0.2) is 19.9 Å². The first kappa shape index (κ1) is 22.1. The first-order valence-corrected chi connectivity index (χ1v) is 12.0. The van der Waals surface area contributed by atoms with E-state index in [1.165, 1.54) is 4.88 Å². The molecule has 0 aliphatic heterocycles. The molecule has 0 aliphatic rings. The number of aromatic nitrogens is 7. The molecule has 0 saturated carbocycles. The van der Waals surface area contributed by atoms with Gasteiger partial charge in [0.15, 0.2) is 5.82 Å². The summed E-state index contributed by atoms with van der Waals surface area (Å²) in [6.07, 6.45) is 1.26. The minimum Gasteiger partial charge on any atom is -0.471 e. The van der Waals surface area contributed by atoms with Crippen LogP contribution in [0.15, 0.2) is 42.5 Å². The number of hydrogen-bond acceptors (Lipinski definition) is 8. The maximum atomic E-state index is 6.05. The summed E-state index contributed by atoms with van der Waals surface area (Å²) in [5, 5.41) is 6.75. The van der Waals surface area contributed by atoms with Gasteiger partial charge in [-0.1, -0.05) is 31.2 Å². The minimum absolute atomic E-state index is 0.310. The lowest BCUT2D eigenvalue weighted by Crippen LogP contribution is -2.10. The maximum Gasteiger partial charge on any atom is 0.219 e. The van der Waals surface area contributed by atoms with Gasteiger partial charge in [0.25, 0.3) is 0 Å². The highest BCUT2D eigenvalue weighted by molar-refractivity contribution is 7.11. The predicted molar refractivity (Wildman–Crippen MR) is 132 cm³/mol. The highest BCUT2D eigenvalue weighted by Crippen LogP contribution is 2.22. The van der Waals surface area contributed by atoms with Crippen molar-refractivity contribution in [2.75, 3.05) is 0 Å². The third-order valence-corrected chi connectivity index (χ3v) is 6.33. The molecule has 0 saturated heterocycles. The molecule has 9 heteroatoms. The van der Waals surface area contributed by atoms with Crippen molar-refractivity contribution in [1.29, 1.82) is 0 Å². The van der Waals surface area contributed by atoms with Crippen molar-refractivity contribution in [2.24, 2.45) is 0 Å². The molecule has 1 aromatic carbocycles. The van der Waals surface area contributed by atoms with E-state index in [-0.39, 0.29) is 0 Å². The molecule has 0 amide bonds. The van der Waals surface area contributed by atoms with Crippen LogP contribution >= 0.6 is 11.3 Å². The molecule has 0 aliphatic carbocycles. The first-order valence-electron chi connectivity index (χ1n) is 11.2. The average molecular weight is 472 g/mol. The van der Waals surface area contributed by atoms with E-state index in [4.69, 9.17) is 9.72 Å². The molecule has 0 spiro atoms. The van der Waals surface area contributed by atoms with Crippen molar-refractivity contribution in [1.82, 2.24) is 34.7 Å². The van der Waals surface area contributed by atoms with Crippen LogP contribution < -0.4 is 4.74 Å². The van der Waals surface area contributed by atoms with Gasteiger partial charge < -0.3 is 4.74 Å². The summed E-state index contributed by atoms with van der Waals surface area (Å²) >= 11 is 1.69. The molecular weight excluding hydrogens is 446 g/mol. The number of fused-ring (bicyclic) bond motifs is 1. The zero-order chi connectivity index (χ0) is 23.7. The first-order chi connectivity index (χ1) is 16.5. The molecule has 4 heterocycles. The standard InChI is InChI=1S/C25H25N7OS/c1-5-22-29-24(32-23(26-16(3)31-32)12-21-15(2)34-17(4)27-21)13-25(30-22)33-14-19-11-10-18-8-6-7-9-20(18)28-19/h6-11,13H,5,12,14H2,1-4H3. The lowest BCUT2D eigenvalue weighted by atomic mass is 10.2. The SMILES string of the molecule is CCc1nc(OCc2ccc3ccccc3n2)cc(-n2nc(C)nc2Cc2nc(C)sc2C)n1. The number of nitrogens with zero attached hydrogens (tertiary/aromatic N) is 7. The number of para-hydroxylation sites is 1. The Balaban J connectivity index is 1.43. The van der Waals surface area contributed by atoms with Crippen molar-refractivity contribution >= 4 is 22.2 Å². The average Bonchev–Trinajstić information content (AvgIpc) is 3.37. The molecule has 5 aromatic rings. The lowest BCUT2D eigenvalue weighted by Gasteiger charge is -2.10. The van der Waals surface area contributed by atoms with Crippen LogP contribution in [0, 0.1) is 20.8 Å². The van der Waals surface area contributed by atoms with E-state index >= 15 is 0 Å². The van der Waals surface area contributed by atoms with E-state index in [1.807, 2.05) is 51.1 Å². The van der Waals surface area contributed by atoms with Crippen LogP contribution in [0.2, 0.25) is 0 Å². The number of rotatable bonds is 7. The summed E-state index contributed by atoms with van der Waals surface area (Å²) < 4.78 is 7.82. The summed E-state index contributed by atoms with van der Waals surface area (Å²) in [6.45, 7) is 8.31. The predicted octanol–water partition coefficient (Wildman–Crippen LogP) is 4.72. The monoisotopic (exact) mass is 471 g/mol. The largest absolute Gasteiger partial charge is 0.471 e. The van der Waals surface area contributed by atoms with E-state index in [0.717, 1.165) is 33.1 Å². The van der Waals surface area contributed by atoms with Gasteiger partial charge in [0.2, 0.25) is 5.88 Å². The molecule has 8 nitrogen and oxygen atoms in total. The number of ether oxygens (including phenoxy) is 1. The quantitative estimate of drug-likeness (QED) is 0.339. The van der Waals surface area contributed by atoms with Crippen molar-refractivity contribution in [3.05, 3.63) is 81.2 Å². The van der Waals surface area contributed by atoms with Crippen LogP contribution in [0.1, 0.15) is 45.7 Å². The molecule has 4 aromatic heterocycles.